The lowest BCUT2D eigenvalue weighted by atomic mass is 9.73. The summed E-state index contributed by atoms with van der Waals surface area (Å²) in [5, 5.41) is 0. The molecule has 0 spiro atoms. The highest BCUT2D eigenvalue weighted by atomic mass is 16.2. The van der Waals surface area contributed by atoms with E-state index in [0.29, 0.717) is 0 Å². The lowest BCUT2D eigenvalue weighted by Crippen LogP contribution is -2.41. The van der Waals surface area contributed by atoms with E-state index < -0.39 is 0 Å². The van der Waals surface area contributed by atoms with Crippen molar-refractivity contribution in [2.45, 2.75) is 50.0 Å². The number of benzene rings is 2. The van der Waals surface area contributed by atoms with Gasteiger partial charge in [0.25, 0.3) is 0 Å². The molecule has 3 nitrogen and oxygen atoms in total. The fraction of sp³-hybridized carbons (Fsp3) is 0.364. The van der Waals surface area contributed by atoms with Crippen molar-refractivity contribution in [2.75, 3.05) is 0 Å². The van der Waals surface area contributed by atoms with Crippen LogP contribution in [-0.4, -0.2) is 22.8 Å². The zero-order valence-electron chi connectivity index (χ0n) is 14.2. The maximum absolute atomic E-state index is 13.3. The molecule has 25 heavy (non-hydrogen) atoms. The number of imide groups is 1. The van der Waals surface area contributed by atoms with Gasteiger partial charge in [-0.05, 0) is 35.1 Å². The van der Waals surface area contributed by atoms with Gasteiger partial charge >= 0.3 is 0 Å². The van der Waals surface area contributed by atoms with Crippen LogP contribution in [-0.2, 0) is 9.59 Å². The van der Waals surface area contributed by atoms with Crippen molar-refractivity contribution in [3.05, 3.63) is 59.7 Å². The molecule has 2 fully saturated rings. The first-order valence-corrected chi connectivity index (χ1v) is 9.32. The van der Waals surface area contributed by atoms with Crippen molar-refractivity contribution in [2.24, 2.45) is 0 Å². The zero-order chi connectivity index (χ0) is 17.0. The van der Waals surface area contributed by atoms with Gasteiger partial charge in [-0.15, -0.1) is 0 Å². The van der Waals surface area contributed by atoms with Crippen LogP contribution in [0.25, 0.3) is 11.1 Å². The molecule has 0 bridgehead atoms. The zero-order valence-corrected chi connectivity index (χ0v) is 14.2. The number of amides is 2. The first kappa shape index (κ1) is 14.9. The van der Waals surface area contributed by atoms with Gasteiger partial charge in [0.1, 0.15) is 0 Å². The number of hydrogen-bond donors (Lipinski definition) is 0. The van der Waals surface area contributed by atoms with E-state index in [2.05, 4.69) is 12.1 Å². The van der Waals surface area contributed by atoms with Crippen LogP contribution >= 0.6 is 0 Å². The summed E-state index contributed by atoms with van der Waals surface area (Å²) in [6, 6.07) is 16.3. The van der Waals surface area contributed by atoms with Crippen molar-refractivity contribution in [1.29, 1.82) is 0 Å². The lowest BCUT2D eigenvalue weighted by Gasteiger charge is -2.29. The first-order chi connectivity index (χ1) is 12.3. The molecule has 0 aromatic heterocycles. The summed E-state index contributed by atoms with van der Waals surface area (Å²) in [6.45, 7) is 0. The molecule has 5 rings (SSSR count). The monoisotopic (exact) mass is 331 g/mol. The van der Waals surface area contributed by atoms with Crippen LogP contribution in [0.4, 0.5) is 0 Å². The smallest absolute Gasteiger partial charge is 0.238 e. The minimum Gasteiger partial charge on any atom is -0.278 e. The molecule has 2 amide bonds. The van der Waals surface area contributed by atoms with Crippen LogP contribution in [0, 0.1) is 0 Å². The van der Waals surface area contributed by atoms with Gasteiger partial charge in [-0.2, -0.15) is 0 Å². The van der Waals surface area contributed by atoms with Crippen LogP contribution in [0.3, 0.4) is 0 Å². The predicted octanol–water partition coefficient (Wildman–Crippen LogP) is 4.24. The lowest BCUT2D eigenvalue weighted by molar-refractivity contribution is -0.142. The van der Waals surface area contributed by atoms with E-state index in [-0.39, 0.29) is 29.7 Å². The predicted molar refractivity (Wildman–Crippen MR) is 96.1 cm³/mol. The van der Waals surface area contributed by atoms with Gasteiger partial charge in [-0.1, -0.05) is 67.8 Å². The Morgan fingerprint density at radius 3 is 1.68 bits per heavy atom. The molecule has 2 unspecified atom stereocenters. The fourth-order valence-corrected chi connectivity index (χ4v) is 5.04. The Kier molecular flexibility index (Phi) is 3.30. The number of hydrogen-bond acceptors (Lipinski definition) is 2. The normalized spacial score (nSPS) is 25.5. The molecule has 2 aromatic carbocycles. The Bertz CT molecular complexity index is 802. The van der Waals surface area contributed by atoms with Gasteiger partial charge in [-0.25, -0.2) is 0 Å². The second kappa shape index (κ2) is 5.55. The summed E-state index contributed by atoms with van der Waals surface area (Å²) in [5.41, 5.74) is 4.24. The summed E-state index contributed by atoms with van der Waals surface area (Å²) in [5.74, 6) is -0.659. The largest absolute Gasteiger partial charge is 0.278 e. The van der Waals surface area contributed by atoms with Crippen LogP contribution < -0.4 is 0 Å². The van der Waals surface area contributed by atoms with E-state index in [1.807, 2.05) is 36.4 Å². The first-order valence-electron chi connectivity index (χ1n) is 9.32. The molecule has 0 radical (unpaired) electrons. The molecule has 3 heteroatoms. The standard InChI is InChI=1S/C22H21NO2/c24-21-19-17-12-6-4-10-15(17)16-11-5-7-13-18(16)20(19)22(25)23(21)14-8-2-1-3-9-14/h4-7,10-14,19-20H,1-3,8-9H2. The number of nitrogens with zero attached hydrogens (tertiary/aromatic N) is 1. The number of fused-ring (bicyclic) bond motifs is 6. The van der Waals surface area contributed by atoms with Crippen LogP contribution in [0.15, 0.2) is 48.5 Å². The topological polar surface area (TPSA) is 37.4 Å². The molecule has 1 heterocycles. The van der Waals surface area contributed by atoms with Crippen LogP contribution in [0.5, 0.6) is 0 Å². The van der Waals surface area contributed by atoms with E-state index in [9.17, 15) is 9.59 Å². The summed E-state index contributed by atoms with van der Waals surface area (Å²) < 4.78 is 0. The summed E-state index contributed by atoms with van der Waals surface area (Å²) in [4.78, 5) is 28.3. The molecular formula is C22H21NO2. The highest BCUT2D eigenvalue weighted by molar-refractivity contribution is 6.13. The van der Waals surface area contributed by atoms with Gasteiger partial charge in [0.05, 0.1) is 11.8 Å². The van der Waals surface area contributed by atoms with Gasteiger partial charge in [-0.3, -0.25) is 14.5 Å². The third-order valence-corrected chi connectivity index (χ3v) is 6.16. The Morgan fingerprint density at radius 1 is 0.680 bits per heavy atom. The molecule has 2 aliphatic carbocycles. The highest BCUT2D eigenvalue weighted by Crippen LogP contribution is 2.52. The third-order valence-electron chi connectivity index (χ3n) is 6.16. The molecule has 3 aliphatic rings. The Hall–Kier alpha value is -2.42. The van der Waals surface area contributed by atoms with Crippen LogP contribution in [0.2, 0.25) is 0 Å². The van der Waals surface area contributed by atoms with Gasteiger partial charge in [0.15, 0.2) is 0 Å². The van der Waals surface area contributed by atoms with Crippen molar-refractivity contribution >= 4 is 11.8 Å². The molecule has 1 saturated heterocycles. The van der Waals surface area contributed by atoms with E-state index in [4.69, 9.17) is 0 Å². The van der Waals surface area contributed by atoms with E-state index in [1.54, 1.807) is 4.90 Å². The molecular weight excluding hydrogens is 310 g/mol. The van der Waals surface area contributed by atoms with Crippen molar-refractivity contribution in [1.82, 2.24) is 4.90 Å². The quantitative estimate of drug-likeness (QED) is 0.733. The van der Waals surface area contributed by atoms with Gasteiger partial charge in [0, 0.05) is 6.04 Å². The number of carbonyl (C=O) groups excluding carboxylic acids is 2. The van der Waals surface area contributed by atoms with Crippen LogP contribution in [0.1, 0.15) is 55.1 Å². The molecule has 1 saturated carbocycles. The molecule has 0 N–H and O–H groups in total. The molecule has 2 aromatic rings. The Labute approximate surface area is 147 Å². The maximum atomic E-state index is 13.3. The summed E-state index contributed by atoms with van der Waals surface area (Å²) in [7, 11) is 0. The van der Waals surface area contributed by atoms with Gasteiger partial charge in [0.2, 0.25) is 11.8 Å². The van der Waals surface area contributed by atoms with E-state index in [0.717, 1.165) is 47.9 Å². The number of likely N-dealkylation sites (tertiary alicyclic amines) is 1. The fourth-order valence-electron chi connectivity index (χ4n) is 5.04. The minimum atomic E-state index is -0.347. The van der Waals surface area contributed by atoms with Gasteiger partial charge < -0.3 is 0 Å². The second-order valence-electron chi connectivity index (χ2n) is 7.47. The summed E-state index contributed by atoms with van der Waals surface area (Å²) >= 11 is 0. The summed E-state index contributed by atoms with van der Waals surface area (Å²) in [6.07, 6.45) is 5.36. The van der Waals surface area contributed by atoms with Crippen molar-refractivity contribution in [3.8, 4) is 11.1 Å². The van der Waals surface area contributed by atoms with E-state index >= 15 is 0 Å². The van der Waals surface area contributed by atoms with Crippen molar-refractivity contribution in [3.63, 3.8) is 0 Å². The Morgan fingerprint density at radius 2 is 1.16 bits per heavy atom. The van der Waals surface area contributed by atoms with E-state index in [1.165, 1.54) is 6.42 Å². The average molecular weight is 331 g/mol. The third kappa shape index (κ3) is 2.05. The molecule has 2 atom stereocenters. The number of carbonyl (C=O) groups is 2. The maximum Gasteiger partial charge on any atom is 0.238 e. The SMILES string of the molecule is O=C1C2c3ccccc3-c3ccccc3C2C(=O)N1C1CCCCC1. The second-order valence-corrected chi connectivity index (χ2v) is 7.47. The van der Waals surface area contributed by atoms with Crippen molar-refractivity contribution < 1.29 is 9.59 Å². The average Bonchev–Trinajstić information content (AvgIpc) is 2.94. The molecule has 1 aliphatic heterocycles. The Balaban J connectivity index is 1.67. The highest BCUT2D eigenvalue weighted by Gasteiger charge is 2.53. The minimum absolute atomic E-state index is 0.0175. The number of rotatable bonds is 1. The molecule has 126 valence electrons.